The van der Waals surface area contributed by atoms with Gasteiger partial charge < -0.3 is 9.84 Å². The molecule has 0 unspecified atom stereocenters. The summed E-state index contributed by atoms with van der Waals surface area (Å²) in [7, 11) is 0. The summed E-state index contributed by atoms with van der Waals surface area (Å²) in [6.07, 6.45) is 0.228. The van der Waals surface area contributed by atoms with Crippen molar-refractivity contribution < 1.29 is 9.32 Å². The topological polar surface area (TPSA) is 55.1 Å². The van der Waals surface area contributed by atoms with Crippen molar-refractivity contribution in [2.45, 2.75) is 13.3 Å². The van der Waals surface area contributed by atoms with Crippen LogP contribution in [0, 0.1) is 0 Å². The van der Waals surface area contributed by atoms with Crippen molar-refractivity contribution in [3.05, 3.63) is 28.4 Å². The lowest BCUT2D eigenvalue weighted by molar-refractivity contribution is -0.120. The van der Waals surface area contributed by atoms with Crippen molar-refractivity contribution >= 4 is 32.7 Å². The summed E-state index contributed by atoms with van der Waals surface area (Å²) < 4.78 is 6.10. The fraction of sp³-hybridized carbons (Fsp3) is 0.273. The molecular formula is C11H11BrN2O2. The van der Waals surface area contributed by atoms with E-state index < -0.39 is 0 Å². The van der Waals surface area contributed by atoms with Gasteiger partial charge in [0, 0.05) is 16.4 Å². The van der Waals surface area contributed by atoms with E-state index >= 15 is 0 Å². The molecule has 0 spiro atoms. The van der Waals surface area contributed by atoms with Crippen LogP contribution in [-0.2, 0) is 11.2 Å². The molecule has 1 amide bonds. The van der Waals surface area contributed by atoms with Gasteiger partial charge in [-0.1, -0.05) is 21.1 Å². The zero-order valence-electron chi connectivity index (χ0n) is 8.79. The van der Waals surface area contributed by atoms with Gasteiger partial charge in [-0.05, 0) is 25.1 Å². The number of nitrogens with one attached hydrogen (secondary N) is 1. The molecule has 1 N–H and O–H groups in total. The maximum atomic E-state index is 11.4. The van der Waals surface area contributed by atoms with E-state index in [1.165, 1.54) is 0 Å². The third kappa shape index (κ3) is 2.24. The van der Waals surface area contributed by atoms with Crippen molar-refractivity contribution in [2.75, 3.05) is 6.54 Å². The number of hydrogen-bond acceptors (Lipinski definition) is 3. The quantitative estimate of drug-likeness (QED) is 0.940. The first kappa shape index (κ1) is 11.1. The second-order valence-electron chi connectivity index (χ2n) is 3.40. The van der Waals surface area contributed by atoms with E-state index in [0.29, 0.717) is 12.3 Å². The summed E-state index contributed by atoms with van der Waals surface area (Å²) in [6.45, 7) is 2.50. The molecule has 4 nitrogen and oxygen atoms in total. The zero-order valence-corrected chi connectivity index (χ0v) is 10.4. The molecule has 1 heterocycles. The number of aromatic nitrogens is 1. The third-order valence-corrected chi connectivity index (χ3v) is 2.70. The Morgan fingerprint density at radius 1 is 1.56 bits per heavy atom. The Hall–Kier alpha value is -1.36. The summed E-state index contributed by atoms with van der Waals surface area (Å²) in [4.78, 5) is 11.4. The summed E-state index contributed by atoms with van der Waals surface area (Å²) in [5, 5.41) is 7.52. The number of halogens is 1. The number of carbonyl (C=O) groups is 1. The molecule has 16 heavy (non-hydrogen) atoms. The second-order valence-corrected chi connectivity index (χ2v) is 4.31. The first-order chi connectivity index (χ1) is 7.70. The Kier molecular flexibility index (Phi) is 3.24. The number of rotatable bonds is 3. The minimum atomic E-state index is -0.0523. The lowest BCUT2D eigenvalue weighted by Crippen LogP contribution is -2.24. The number of amides is 1. The smallest absolute Gasteiger partial charge is 0.227 e. The number of hydrogen-bond donors (Lipinski definition) is 1. The van der Waals surface area contributed by atoms with Crippen LogP contribution in [0.5, 0.6) is 0 Å². The molecule has 0 saturated heterocycles. The van der Waals surface area contributed by atoms with Gasteiger partial charge in [0.25, 0.3) is 0 Å². The van der Waals surface area contributed by atoms with Crippen molar-refractivity contribution in [1.82, 2.24) is 10.5 Å². The minimum absolute atomic E-state index is 0.0523. The zero-order chi connectivity index (χ0) is 11.5. The van der Waals surface area contributed by atoms with Crippen molar-refractivity contribution in [3.63, 3.8) is 0 Å². The highest BCUT2D eigenvalue weighted by atomic mass is 79.9. The van der Waals surface area contributed by atoms with Crippen LogP contribution >= 0.6 is 15.9 Å². The largest absolute Gasteiger partial charge is 0.360 e. The molecule has 0 atom stereocenters. The Morgan fingerprint density at radius 3 is 3.12 bits per heavy atom. The molecule has 0 aliphatic carbocycles. The van der Waals surface area contributed by atoms with Gasteiger partial charge in [0.1, 0.15) is 5.52 Å². The molecule has 84 valence electrons. The standard InChI is InChI=1S/C11H11BrN2O2/c1-2-13-11(15)6-10-8-4-3-7(12)5-9(8)14-16-10/h3-5H,2,6H2,1H3,(H,13,15). The number of carbonyl (C=O) groups excluding carboxylic acids is 1. The van der Waals surface area contributed by atoms with E-state index in [0.717, 1.165) is 15.4 Å². The van der Waals surface area contributed by atoms with Gasteiger partial charge in [-0.3, -0.25) is 4.79 Å². The van der Waals surface area contributed by atoms with Crippen LogP contribution < -0.4 is 5.32 Å². The number of benzene rings is 1. The maximum Gasteiger partial charge on any atom is 0.227 e. The molecule has 1 aromatic carbocycles. The molecule has 0 aliphatic heterocycles. The summed E-state index contributed by atoms with van der Waals surface area (Å²) in [5.74, 6) is 0.553. The van der Waals surface area contributed by atoms with Crippen LogP contribution in [0.3, 0.4) is 0 Å². The van der Waals surface area contributed by atoms with Crippen molar-refractivity contribution in [3.8, 4) is 0 Å². The molecule has 1 aromatic heterocycles. The minimum Gasteiger partial charge on any atom is -0.360 e. The maximum absolute atomic E-state index is 11.4. The van der Waals surface area contributed by atoms with E-state index in [1.54, 1.807) is 0 Å². The van der Waals surface area contributed by atoms with E-state index in [1.807, 2.05) is 25.1 Å². The molecule has 5 heteroatoms. The van der Waals surface area contributed by atoms with Crippen LogP contribution in [0.1, 0.15) is 12.7 Å². The average Bonchev–Trinajstić information content (AvgIpc) is 2.61. The first-order valence-electron chi connectivity index (χ1n) is 5.01. The second kappa shape index (κ2) is 4.65. The molecule has 2 rings (SSSR count). The monoisotopic (exact) mass is 282 g/mol. The van der Waals surface area contributed by atoms with Crippen LogP contribution in [0.2, 0.25) is 0 Å². The summed E-state index contributed by atoms with van der Waals surface area (Å²) in [5.41, 5.74) is 0.758. The van der Waals surface area contributed by atoms with Gasteiger partial charge in [0.05, 0.1) is 6.42 Å². The molecule has 0 fully saturated rings. The van der Waals surface area contributed by atoms with Crippen molar-refractivity contribution in [1.29, 1.82) is 0 Å². The van der Waals surface area contributed by atoms with Gasteiger partial charge in [-0.2, -0.15) is 0 Å². The van der Waals surface area contributed by atoms with E-state index in [2.05, 4.69) is 26.4 Å². The van der Waals surface area contributed by atoms with E-state index in [4.69, 9.17) is 4.52 Å². The molecule has 0 radical (unpaired) electrons. The van der Waals surface area contributed by atoms with Gasteiger partial charge >= 0.3 is 0 Å². The Labute approximate surface area is 101 Å². The fourth-order valence-electron chi connectivity index (χ4n) is 1.50. The lowest BCUT2D eigenvalue weighted by atomic mass is 10.2. The lowest BCUT2D eigenvalue weighted by Gasteiger charge is -1.98. The summed E-state index contributed by atoms with van der Waals surface area (Å²) in [6, 6.07) is 5.66. The Bertz CT molecular complexity index is 522. The highest BCUT2D eigenvalue weighted by molar-refractivity contribution is 9.10. The predicted molar refractivity (Wildman–Crippen MR) is 64.1 cm³/mol. The van der Waals surface area contributed by atoms with Crippen LogP contribution in [0.4, 0.5) is 0 Å². The van der Waals surface area contributed by atoms with E-state index in [9.17, 15) is 4.79 Å². The van der Waals surface area contributed by atoms with Crippen LogP contribution in [0.15, 0.2) is 27.2 Å². The highest BCUT2D eigenvalue weighted by Gasteiger charge is 2.12. The summed E-state index contributed by atoms with van der Waals surface area (Å²) >= 11 is 3.36. The molecular weight excluding hydrogens is 272 g/mol. The number of likely N-dealkylation sites (N-methyl/N-ethyl adjacent to an activating group) is 1. The molecule has 0 bridgehead atoms. The Balaban J connectivity index is 2.28. The molecule has 0 saturated carbocycles. The van der Waals surface area contributed by atoms with Crippen LogP contribution in [0.25, 0.3) is 10.9 Å². The van der Waals surface area contributed by atoms with Crippen molar-refractivity contribution in [2.24, 2.45) is 0 Å². The molecule has 0 aliphatic rings. The van der Waals surface area contributed by atoms with Gasteiger partial charge in [-0.15, -0.1) is 0 Å². The van der Waals surface area contributed by atoms with Crippen LogP contribution in [-0.4, -0.2) is 17.6 Å². The predicted octanol–water partition coefficient (Wildman–Crippen LogP) is 2.27. The first-order valence-corrected chi connectivity index (χ1v) is 5.80. The van der Waals surface area contributed by atoms with Gasteiger partial charge in [0.15, 0.2) is 5.76 Å². The number of nitrogens with zero attached hydrogens (tertiary/aromatic N) is 1. The number of fused-ring (bicyclic) bond motifs is 1. The SMILES string of the molecule is CCNC(=O)Cc1onc2cc(Br)ccc12. The normalized spacial score (nSPS) is 10.6. The van der Waals surface area contributed by atoms with Gasteiger partial charge in [0.2, 0.25) is 5.91 Å². The van der Waals surface area contributed by atoms with E-state index in [-0.39, 0.29) is 12.3 Å². The average molecular weight is 283 g/mol. The third-order valence-electron chi connectivity index (χ3n) is 2.21. The highest BCUT2D eigenvalue weighted by Crippen LogP contribution is 2.22. The fourth-order valence-corrected chi connectivity index (χ4v) is 1.85. The Morgan fingerprint density at radius 2 is 2.38 bits per heavy atom. The molecule has 2 aromatic rings. The van der Waals surface area contributed by atoms with Gasteiger partial charge in [-0.25, -0.2) is 0 Å².